The maximum atomic E-state index is 11.7. The van der Waals surface area contributed by atoms with Crippen molar-refractivity contribution in [2.24, 2.45) is 17.4 Å². The molecule has 1 saturated heterocycles. The number of rotatable bonds is 6. The van der Waals surface area contributed by atoms with E-state index in [-0.39, 0.29) is 11.5 Å². The topological polar surface area (TPSA) is 123 Å². The zero-order valence-corrected chi connectivity index (χ0v) is 16.2. The van der Waals surface area contributed by atoms with Gasteiger partial charge in [-0.05, 0) is 43.0 Å². The number of halogens is 2. The third kappa shape index (κ3) is 4.77. The van der Waals surface area contributed by atoms with E-state index < -0.39 is 5.91 Å². The first kappa shape index (κ1) is 19.6. The van der Waals surface area contributed by atoms with Crippen LogP contribution in [-0.4, -0.2) is 40.7 Å². The molecule has 10 heteroatoms. The number of hydrogen-bond acceptors (Lipinski definition) is 7. The number of primary amides is 1. The van der Waals surface area contributed by atoms with Crippen LogP contribution in [0.4, 0.5) is 11.8 Å². The molecule has 1 aliphatic heterocycles. The summed E-state index contributed by atoms with van der Waals surface area (Å²) in [7, 11) is 0. The molecule has 1 aliphatic rings. The molecule has 1 fully saturated rings. The van der Waals surface area contributed by atoms with Gasteiger partial charge in [-0.2, -0.15) is 4.98 Å². The van der Waals surface area contributed by atoms with Gasteiger partial charge in [0.2, 0.25) is 5.95 Å². The van der Waals surface area contributed by atoms with Crippen molar-refractivity contribution in [3.63, 3.8) is 0 Å². The van der Waals surface area contributed by atoms with E-state index in [4.69, 9.17) is 34.7 Å². The number of hydrogen-bond donors (Lipinski definition) is 3. The Hall–Kier alpha value is -2.16. The summed E-state index contributed by atoms with van der Waals surface area (Å²) in [6, 6.07) is 5.19. The smallest absolute Gasteiger partial charge is 0.273 e. The van der Waals surface area contributed by atoms with Crippen molar-refractivity contribution in [2.45, 2.75) is 19.4 Å². The average Bonchev–Trinajstić information content (AvgIpc) is 2.67. The number of benzene rings is 1. The lowest BCUT2D eigenvalue weighted by Crippen LogP contribution is -2.37. The van der Waals surface area contributed by atoms with Gasteiger partial charge >= 0.3 is 0 Å². The SMILES string of the molecule is NCC1CCN(c2nnc(C(N)=O)c(NCc3ccc(Cl)cc3Cl)n2)CC1. The second-order valence-electron chi connectivity index (χ2n) is 6.43. The first-order valence-corrected chi connectivity index (χ1v) is 9.41. The second-order valence-corrected chi connectivity index (χ2v) is 7.27. The van der Waals surface area contributed by atoms with E-state index in [0.29, 0.717) is 35.0 Å². The summed E-state index contributed by atoms with van der Waals surface area (Å²) in [5.41, 5.74) is 11.9. The molecule has 2 heterocycles. The van der Waals surface area contributed by atoms with Crippen molar-refractivity contribution in [1.29, 1.82) is 0 Å². The van der Waals surface area contributed by atoms with Crippen molar-refractivity contribution in [3.8, 4) is 0 Å². The molecule has 5 N–H and O–H groups in total. The monoisotopic (exact) mass is 409 g/mol. The molecule has 0 bridgehead atoms. The molecule has 0 unspecified atom stereocenters. The van der Waals surface area contributed by atoms with Gasteiger partial charge in [0.1, 0.15) is 0 Å². The summed E-state index contributed by atoms with van der Waals surface area (Å²) in [5, 5.41) is 12.2. The van der Waals surface area contributed by atoms with Crippen LogP contribution in [-0.2, 0) is 6.54 Å². The van der Waals surface area contributed by atoms with Gasteiger partial charge in [-0.25, -0.2) is 0 Å². The number of carbonyl (C=O) groups excluding carboxylic acids is 1. The first-order chi connectivity index (χ1) is 13.0. The Morgan fingerprint density at radius 2 is 2.00 bits per heavy atom. The van der Waals surface area contributed by atoms with Crippen LogP contribution in [0.3, 0.4) is 0 Å². The van der Waals surface area contributed by atoms with Gasteiger partial charge in [0, 0.05) is 29.7 Å². The highest BCUT2D eigenvalue weighted by Gasteiger charge is 2.22. The molecule has 0 atom stereocenters. The molecular formula is C17H21Cl2N7O. The summed E-state index contributed by atoms with van der Waals surface area (Å²) < 4.78 is 0. The second kappa shape index (κ2) is 8.69. The van der Waals surface area contributed by atoms with Gasteiger partial charge in [-0.1, -0.05) is 29.3 Å². The standard InChI is InChI=1S/C17H21Cl2N7O/c18-12-2-1-11(13(19)7-12)9-22-16-14(15(21)27)24-25-17(23-16)26-5-3-10(8-20)4-6-26/h1-2,7,10H,3-6,8-9,20H2,(H2,21,27)(H,22,23,25). The van der Waals surface area contributed by atoms with Gasteiger partial charge < -0.3 is 21.7 Å². The molecule has 1 aromatic carbocycles. The number of nitrogens with one attached hydrogen (secondary N) is 1. The van der Waals surface area contributed by atoms with Crippen LogP contribution in [0.2, 0.25) is 10.0 Å². The molecule has 27 heavy (non-hydrogen) atoms. The van der Waals surface area contributed by atoms with Gasteiger partial charge in [0.25, 0.3) is 5.91 Å². The number of aromatic nitrogens is 3. The van der Waals surface area contributed by atoms with Crippen LogP contribution in [0.15, 0.2) is 18.2 Å². The van der Waals surface area contributed by atoms with Gasteiger partial charge in [0.05, 0.1) is 0 Å². The van der Waals surface area contributed by atoms with Gasteiger partial charge in [0.15, 0.2) is 11.5 Å². The van der Waals surface area contributed by atoms with Crippen molar-refractivity contribution in [3.05, 3.63) is 39.5 Å². The van der Waals surface area contributed by atoms with Crippen LogP contribution in [0, 0.1) is 5.92 Å². The van der Waals surface area contributed by atoms with Gasteiger partial charge in [-0.3, -0.25) is 4.79 Å². The zero-order chi connectivity index (χ0) is 19.4. The Morgan fingerprint density at radius 1 is 1.26 bits per heavy atom. The molecule has 8 nitrogen and oxygen atoms in total. The number of nitrogens with two attached hydrogens (primary N) is 2. The van der Waals surface area contributed by atoms with Crippen LogP contribution in [0.25, 0.3) is 0 Å². The van der Waals surface area contributed by atoms with E-state index in [1.165, 1.54) is 0 Å². The molecule has 0 spiro atoms. The van der Waals surface area contributed by atoms with Crippen molar-refractivity contribution in [1.82, 2.24) is 15.2 Å². The fraction of sp³-hybridized carbons (Fsp3) is 0.412. The number of amides is 1. The fourth-order valence-corrected chi connectivity index (χ4v) is 3.43. The van der Waals surface area contributed by atoms with Crippen LogP contribution in [0.5, 0.6) is 0 Å². The highest BCUT2D eigenvalue weighted by atomic mass is 35.5. The highest BCUT2D eigenvalue weighted by Crippen LogP contribution is 2.24. The average molecular weight is 410 g/mol. The lowest BCUT2D eigenvalue weighted by atomic mass is 9.97. The summed E-state index contributed by atoms with van der Waals surface area (Å²) in [4.78, 5) is 18.2. The highest BCUT2D eigenvalue weighted by molar-refractivity contribution is 6.35. The number of carbonyl (C=O) groups is 1. The summed E-state index contributed by atoms with van der Waals surface area (Å²) in [6.45, 7) is 2.61. The van der Waals surface area contributed by atoms with Gasteiger partial charge in [-0.15, -0.1) is 10.2 Å². The Bertz CT molecular complexity index is 825. The van der Waals surface area contributed by atoms with E-state index in [2.05, 4.69) is 20.5 Å². The molecule has 1 aromatic heterocycles. The van der Waals surface area contributed by atoms with E-state index in [0.717, 1.165) is 31.5 Å². The first-order valence-electron chi connectivity index (χ1n) is 8.65. The lowest BCUT2D eigenvalue weighted by Gasteiger charge is -2.31. The molecule has 3 rings (SSSR count). The number of anilines is 2. The maximum Gasteiger partial charge on any atom is 0.273 e. The Kier molecular flexibility index (Phi) is 6.30. The number of piperidine rings is 1. The van der Waals surface area contributed by atoms with E-state index in [1.54, 1.807) is 18.2 Å². The Morgan fingerprint density at radius 3 is 2.63 bits per heavy atom. The summed E-state index contributed by atoms with van der Waals surface area (Å²) >= 11 is 12.1. The molecule has 144 valence electrons. The fourth-order valence-electron chi connectivity index (χ4n) is 2.95. The molecule has 0 radical (unpaired) electrons. The van der Waals surface area contributed by atoms with E-state index >= 15 is 0 Å². The van der Waals surface area contributed by atoms with Crippen molar-refractivity contribution < 1.29 is 4.79 Å². The largest absolute Gasteiger partial charge is 0.364 e. The minimum atomic E-state index is -0.701. The van der Waals surface area contributed by atoms with Crippen molar-refractivity contribution >= 4 is 40.9 Å². The predicted octanol–water partition coefficient (Wildman–Crippen LogP) is 2.06. The Balaban J connectivity index is 1.78. The van der Waals surface area contributed by atoms with Crippen LogP contribution < -0.4 is 21.7 Å². The minimum Gasteiger partial charge on any atom is -0.364 e. The maximum absolute atomic E-state index is 11.7. The minimum absolute atomic E-state index is 0.0133. The van der Waals surface area contributed by atoms with E-state index in [1.807, 2.05) is 4.90 Å². The quantitative estimate of drug-likeness (QED) is 0.666. The molecule has 0 aliphatic carbocycles. The zero-order valence-electron chi connectivity index (χ0n) is 14.7. The van der Waals surface area contributed by atoms with Crippen LogP contribution >= 0.6 is 23.2 Å². The molecular weight excluding hydrogens is 389 g/mol. The third-order valence-corrected chi connectivity index (χ3v) is 5.19. The third-order valence-electron chi connectivity index (χ3n) is 4.60. The van der Waals surface area contributed by atoms with E-state index in [9.17, 15) is 4.79 Å². The predicted molar refractivity (Wildman–Crippen MR) is 106 cm³/mol. The normalized spacial score (nSPS) is 15.0. The molecule has 2 aromatic rings. The summed E-state index contributed by atoms with van der Waals surface area (Å²) in [6.07, 6.45) is 1.95. The molecule has 0 saturated carbocycles. The molecule has 1 amide bonds. The van der Waals surface area contributed by atoms with Crippen LogP contribution in [0.1, 0.15) is 28.9 Å². The Labute approximate surface area is 167 Å². The number of nitrogens with zero attached hydrogens (tertiary/aromatic N) is 4. The van der Waals surface area contributed by atoms with Crippen molar-refractivity contribution in [2.75, 3.05) is 29.9 Å². The lowest BCUT2D eigenvalue weighted by molar-refractivity contribution is 0.0995. The summed E-state index contributed by atoms with van der Waals surface area (Å²) in [5.74, 6) is 0.552.